The van der Waals surface area contributed by atoms with Gasteiger partial charge in [-0.2, -0.15) is 9.78 Å². The monoisotopic (exact) mass is 436 g/mol. The van der Waals surface area contributed by atoms with Crippen molar-refractivity contribution in [2.24, 2.45) is 0 Å². The van der Waals surface area contributed by atoms with Crippen molar-refractivity contribution in [3.8, 4) is 11.6 Å². The van der Waals surface area contributed by atoms with Crippen molar-refractivity contribution in [1.82, 2.24) is 9.78 Å². The fourth-order valence-electron chi connectivity index (χ4n) is 3.60. The number of nitrogens with zero attached hydrogens (tertiary/aromatic N) is 2. The van der Waals surface area contributed by atoms with Gasteiger partial charge in [0, 0.05) is 4.90 Å². The molecule has 5 aromatic rings. The van der Waals surface area contributed by atoms with Crippen LogP contribution in [0.1, 0.15) is 16.1 Å². The van der Waals surface area contributed by atoms with Crippen LogP contribution >= 0.6 is 11.8 Å². The molecule has 0 fully saturated rings. The summed E-state index contributed by atoms with van der Waals surface area (Å²) in [5, 5.41) is 6.56. The summed E-state index contributed by atoms with van der Waals surface area (Å²) < 4.78 is 7.76. The largest absolute Gasteiger partial charge is 0.402 e. The molecule has 5 heteroatoms. The molecule has 0 amide bonds. The van der Waals surface area contributed by atoms with Gasteiger partial charge in [0.15, 0.2) is 0 Å². The topological polar surface area (TPSA) is 44.1 Å². The van der Waals surface area contributed by atoms with Gasteiger partial charge in [0.25, 0.3) is 0 Å². The minimum absolute atomic E-state index is 0.409. The average Bonchev–Trinajstić information content (AvgIpc) is 3.14. The van der Waals surface area contributed by atoms with Crippen LogP contribution in [-0.2, 0) is 0 Å². The Morgan fingerprint density at radius 2 is 1.47 bits per heavy atom. The van der Waals surface area contributed by atoms with E-state index in [0.717, 1.165) is 31.9 Å². The molecule has 1 heterocycles. The standard InChI is InChI=1S/C27H20N2O2S/c1-19-25(32-22-15-6-3-7-16-22)26(29(28-19)21-13-4-2-5-14-21)31-27(30)24-18-10-12-20-11-8-9-17-23(20)24/h2-18H,1H3. The first-order valence-corrected chi connectivity index (χ1v) is 11.1. The molecule has 0 aliphatic rings. The molecule has 0 aliphatic carbocycles. The predicted molar refractivity (Wildman–Crippen MR) is 128 cm³/mol. The smallest absolute Gasteiger partial charge is 0.345 e. The van der Waals surface area contributed by atoms with Crippen molar-refractivity contribution in [3.63, 3.8) is 0 Å². The lowest BCUT2D eigenvalue weighted by molar-refractivity contribution is 0.0720. The Balaban J connectivity index is 1.60. The third-order valence-electron chi connectivity index (χ3n) is 5.13. The SMILES string of the molecule is Cc1nn(-c2ccccc2)c(OC(=O)c2cccc3ccccc23)c1Sc1ccccc1. The van der Waals surface area contributed by atoms with Gasteiger partial charge in [-0.3, -0.25) is 0 Å². The summed E-state index contributed by atoms with van der Waals surface area (Å²) in [6, 6.07) is 33.2. The summed E-state index contributed by atoms with van der Waals surface area (Å²) in [5.74, 6) is 0.00859. The molecule has 32 heavy (non-hydrogen) atoms. The molecule has 156 valence electrons. The van der Waals surface area contributed by atoms with E-state index in [2.05, 4.69) is 0 Å². The van der Waals surface area contributed by atoms with Gasteiger partial charge in [0.05, 0.1) is 21.8 Å². The molecule has 0 N–H and O–H groups in total. The van der Waals surface area contributed by atoms with Crippen LogP contribution in [0.2, 0.25) is 0 Å². The number of ether oxygens (including phenoxy) is 1. The Morgan fingerprint density at radius 3 is 2.25 bits per heavy atom. The second kappa shape index (κ2) is 8.73. The molecule has 0 saturated heterocycles. The van der Waals surface area contributed by atoms with Gasteiger partial charge in [-0.1, -0.05) is 84.6 Å². The van der Waals surface area contributed by atoms with E-state index >= 15 is 0 Å². The van der Waals surface area contributed by atoms with E-state index in [0.29, 0.717) is 11.4 Å². The van der Waals surface area contributed by atoms with Crippen LogP contribution in [-0.4, -0.2) is 15.7 Å². The predicted octanol–water partition coefficient (Wildman–Crippen LogP) is 6.70. The highest BCUT2D eigenvalue weighted by Gasteiger charge is 2.23. The molecule has 0 aliphatic heterocycles. The molecule has 0 radical (unpaired) electrons. The zero-order valence-corrected chi connectivity index (χ0v) is 18.3. The summed E-state index contributed by atoms with van der Waals surface area (Å²) in [6.07, 6.45) is 0. The first-order chi connectivity index (χ1) is 15.7. The summed E-state index contributed by atoms with van der Waals surface area (Å²) in [4.78, 5) is 15.2. The lowest BCUT2D eigenvalue weighted by Crippen LogP contribution is -2.12. The van der Waals surface area contributed by atoms with Crippen molar-refractivity contribution >= 4 is 28.5 Å². The Labute approximate surface area is 190 Å². The molecule has 1 aromatic heterocycles. The molecule has 5 rings (SSSR count). The maximum absolute atomic E-state index is 13.4. The fraction of sp³-hybridized carbons (Fsp3) is 0.0370. The first kappa shape index (κ1) is 20.1. The second-order valence-corrected chi connectivity index (χ2v) is 8.38. The molecule has 0 bridgehead atoms. The van der Waals surface area contributed by atoms with Crippen LogP contribution in [0.5, 0.6) is 5.88 Å². The van der Waals surface area contributed by atoms with Crippen LogP contribution < -0.4 is 4.74 Å². The van der Waals surface area contributed by atoms with Crippen molar-refractivity contribution < 1.29 is 9.53 Å². The van der Waals surface area contributed by atoms with Gasteiger partial charge in [-0.25, -0.2) is 4.79 Å². The van der Waals surface area contributed by atoms with Crippen LogP contribution in [0, 0.1) is 6.92 Å². The van der Waals surface area contributed by atoms with Gasteiger partial charge in [-0.05, 0) is 48.0 Å². The second-order valence-electron chi connectivity index (χ2n) is 7.30. The average molecular weight is 437 g/mol. The third-order valence-corrected chi connectivity index (χ3v) is 6.31. The number of aryl methyl sites for hydroxylation is 1. The molecule has 0 saturated carbocycles. The van der Waals surface area contributed by atoms with Crippen LogP contribution in [0.3, 0.4) is 0 Å². The number of rotatable bonds is 5. The summed E-state index contributed by atoms with van der Waals surface area (Å²) >= 11 is 1.54. The molecule has 0 unspecified atom stereocenters. The number of hydrogen-bond acceptors (Lipinski definition) is 4. The Kier molecular flexibility index (Phi) is 5.48. The lowest BCUT2D eigenvalue weighted by Gasteiger charge is -2.11. The number of para-hydroxylation sites is 1. The van der Waals surface area contributed by atoms with Crippen LogP contribution in [0.25, 0.3) is 16.5 Å². The quantitative estimate of drug-likeness (QED) is 0.287. The number of aromatic nitrogens is 2. The normalized spacial score (nSPS) is 10.9. The van der Waals surface area contributed by atoms with Gasteiger partial charge in [0.1, 0.15) is 0 Å². The summed E-state index contributed by atoms with van der Waals surface area (Å²) in [7, 11) is 0. The van der Waals surface area contributed by atoms with E-state index in [1.165, 1.54) is 11.8 Å². The van der Waals surface area contributed by atoms with E-state index in [-0.39, 0.29) is 0 Å². The van der Waals surface area contributed by atoms with Crippen molar-refractivity contribution in [1.29, 1.82) is 0 Å². The van der Waals surface area contributed by atoms with E-state index < -0.39 is 5.97 Å². The fourth-order valence-corrected chi connectivity index (χ4v) is 4.53. The van der Waals surface area contributed by atoms with Crippen molar-refractivity contribution in [2.75, 3.05) is 0 Å². The van der Waals surface area contributed by atoms with Gasteiger partial charge in [0.2, 0.25) is 5.88 Å². The van der Waals surface area contributed by atoms with Gasteiger partial charge in [-0.15, -0.1) is 0 Å². The Morgan fingerprint density at radius 1 is 0.812 bits per heavy atom. The first-order valence-electron chi connectivity index (χ1n) is 10.3. The molecule has 0 atom stereocenters. The van der Waals surface area contributed by atoms with Gasteiger partial charge >= 0.3 is 5.97 Å². The maximum Gasteiger partial charge on any atom is 0.345 e. The van der Waals surface area contributed by atoms with Crippen LogP contribution in [0.4, 0.5) is 0 Å². The number of fused-ring (bicyclic) bond motifs is 1. The van der Waals surface area contributed by atoms with E-state index in [1.807, 2.05) is 104 Å². The Bertz CT molecular complexity index is 1390. The van der Waals surface area contributed by atoms with Crippen molar-refractivity contribution in [3.05, 3.63) is 114 Å². The highest BCUT2D eigenvalue weighted by molar-refractivity contribution is 7.99. The number of carbonyl (C=O) groups is 1. The van der Waals surface area contributed by atoms with E-state index in [9.17, 15) is 4.79 Å². The number of esters is 1. The highest BCUT2D eigenvalue weighted by atomic mass is 32.2. The number of hydrogen-bond donors (Lipinski definition) is 0. The molecule has 4 nitrogen and oxygen atoms in total. The molecular formula is C27H20N2O2S. The maximum atomic E-state index is 13.4. The highest BCUT2D eigenvalue weighted by Crippen LogP contribution is 2.39. The number of benzene rings is 4. The summed E-state index contributed by atoms with van der Waals surface area (Å²) in [5.41, 5.74) is 2.15. The minimum atomic E-state index is -0.409. The zero-order chi connectivity index (χ0) is 21.9. The third kappa shape index (κ3) is 3.90. The number of carbonyl (C=O) groups excluding carboxylic acids is 1. The lowest BCUT2D eigenvalue weighted by atomic mass is 10.1. The van der Waals surface area contributed by atoms with Crippen LogP contribution in [0.15, 0.2) is 113 Å². The van der Waals surface area contributed by atoms with Crippen molar-refractivity contribution in [2.45, 2.75) is 16.7 Å². The summed E-state index contributed by atoms with van der Waals surface area (Å²) in [6.45, 7) is 1.93. The van der Waals surface area contributed by atoms with E-state index in [1.54, 1.807) is 10.7 Å². The van der Waals surface area contributed by atoms with E-state index in [4.69, 9.17) is 9.84 Å². The van der Waals surface area contributed by atoms with Gasteiger partial charge < -0.3 is 4.74 Å². The molecular weight excluding hydrogens is 416 g/mol. The Hall–Kier alpha value is -3.83. The minimum Gasteiger partial charge on any atom is -0.402 e. The zero-order valence-electron chi connectivity index (χ0n) is 17.4. The molecule has 0 spiro atoms. The molecule has 4 aromatic carbocycles.